The fourth-order valence-corrected chi connectivity index (χ4v) is 0.993. The van der Waals surface area contributed by atoms with Crippen LogP contribution in [0.2, 0.25) is 0 Å². The lowest BCUT2D eigenvalue weighted by molar-refractivity contribution is 0.0922. The summed E-state index contributed by atoms with van der Waals surface area (Å²) in [7, 11) is 0. The molecular weight excluding hydrogens is 210 g/mol. The molecule has 0 spiro atoms. The first kappa shape index (κ1) is 12.1. The van der Waals surface area contributed by atoms with E-state index in [0.29, 0.717) is 0 Å². The summed E-state index contributed by atoms with van der Waals surface area (Å²) < 4.78 is 0. The first-order chi connectivity index (χ1) is 7.54. The molecule has 85 valence electrons. The minimum Gasteiger partial charge on any atom is -0.394 e. The van der Waals surface area contributed by atoms with E-state index in [1.807, 2.05) is 0 Å². The van der Waals surface area contributed by atoms with Crippen LogP contribution in [0.5, 0.6) is 0 Å². The van der Waals surface area contributed by atoms with E-state index >= 15 is 0 Å². The monoisotopic (exact) mass is 222 g/mol. The molecule has 0 saturated heterocycles. The van der Waals surface area contributed by atoms with Crippen LogP contribution in [-0.2, 0) is 0 Å². The zero-order chi connectivity index (χ0) is 12.1. The fraction of sp³-hybridized carbons (Fsp3) is 0.300. The number of aromatic nitrogens is 1. The van der Waals surface area contributed by atoms with Gasteiger partial charge in [-0.2, -0.15) is 0 Å². The van der Waals surface area contributed by atoms with Gasteiger partial charge in [0.15, 0.2) is 0 Å². The van der Waals surface area contributed by atoms with Crippen molar-refractivity contribution in [2.75, 3.05) is 6.61 Å². The smallest absolute Gasteiger partial charge is 0.267 e. The third-order valence-corrected chi connectivity index (χ3v) is 1.83. The summed E-state index contributed by atoms with van der Waals surface area (Å²) in [5.41, 5.74) is 5.07. The largest absolute Gasteiger partial charge is 0.394 e. The van der Waals surface area contributed by atoms with E-state index in [2.05, 4.69) is 16.4 Å². The molecule has 0 bridgehead atoms. The molecule has 1 aromatic heterocycles. The SMILES string of the molecule is CC(CO)NC(=O)c1[c]c(C(N)=O)ncc1. The van der Waals surface area contributed by atoms with Crippen molar-refractivity contribution in [3.8, 4) is 0 Å². The molecule has 2 amide bonds. The van der Waals surface area contributed by atoms with Gasteiger partial charge < -0.3 is 16.2 Å². The molecule has 1 rings (SSSR count). The Morgan fingerprint density at radius 2 is 2.38 bits per heavy atom. The second kappa shape index (κ2) is 5.22. The van der Waals surface area contributed by atoms with Crippen molar-refractivity contribution in [1.29, 1.82) is 0 Å². The summed E-state index contributed by atoms with van der Waals surface area (Å²) in [6.07, 6.45) is 1.30. The van der Waals surface area contributed by atoms with Crippen LogP contribution in [0.25, 0.3) is 0 Å². The summed E-state index contributed by atoms with van der Waals surface area (Å²) in [6, 6.07) is 3.53. The van der Waals surface area contributed by atoms with Crippen LogP contribution in [0.15, 0.2) is 12.3 Å². The Morgan fingerprint density at radius 3 is 2.94 bits per heavy atom. The first-order valence-electron chi connectivity index (χ1n) is 4.64. The van der Waals surface area contributed by atoms with Gasteiger partial charge in [0, 0.05) is 18.3 Å². The molecule has 1 atom stereocenters. The number of hydrogen-bond acceptors (Lipinski definition) is 4. The van der Waals surface area contributed by atoms with Crippen molar-refractivity contribution in [1.82, 2.24) is 10.3 Å². The van der Waals surface area contributed by atoms with Crippen molar-refractivity contribution in [3.63, 3.8) is 0 Å². The van der Waals surface area contributed by atoms with E-state index in [1.54, 1.807) is 6.92 Å². The number of carbonyl (C=O) groups excluding carboxylic acids is 2. The molecule has 0 fully saturated rings. The highest BCUT2D eigenvalue weighted by atomic mass is 16.3. The van der Waals surface area contributed by atoms with E-state index < -0.39 is 11.8 Å². The molecule has 0 aliphatic heterocycles. The van der Waals surface area contributed by atoms with E-state index in [9.17, 15) is 9.59 Å². The second-order valence-corrected chi connectivity index (χ2v) is 3.25. The summed E-state index contributed by atoms with van der Waals surface area (Å²) >= 11 is 0. The maximum Gasteiger partial charge on any atom is 0.267 e. The second-order valence-electron chi connectivity index (χ2n) is 3.25. The summed E-state index contributed by atoms with van der Waals surface area (Å²) in [5, 5.41) is 11.3. The van der Waals surface area contributed by atoms with Crippen molar-refractivity contribution in [3.05, 3.63) is 29.6 Å². The highest BCUT2D eigenvalue weighted by Gasteiger charge is 2.11. The summed E-state index contributed by atoms with van der Waals surface area (Å²) in [5.74, 6) is -1.18. The lowest BCUT2D eigenvalue weighted by atomic mass is 10.2. The van der Waals surface area contributed by atoms with Gasteiger partial charge in [-0.05, 0) is 13.0 Å². The van der Waals surface area contributed by atoms with Gasteiger partial charge in [-0.1, -0.05) is 0 Å². The average Bonchev–Trinajstić information content (AvgIpc) is 2.28. The van der Waals surface area contributed by atoms with E-state index in [-0.39, 0.29) is 23.9 Å². The quantitative estimate of drug-likeness (QED) is 0.613. The molecule has 4 N–H and O–H groups in total. The molecule has 6 heteroatoms. The lowest BCUT2D eigenvalue weighted by Crippen LogP contribution is -2.35. The van der Waals surface area contributed by atoms with Crippen LogP contribution in [0.4, 0.5) is 0 Å². The van der Waals surface area contributed by atoms with Crippen LogP contribution in [0, 0.1) is 6.07 Å². The average molecular weight is 222 g/mol. The maximum atomic E-state index is 11.6. The Bertz CT molecular complexity index is 406. The number of nitrogens with one attached hydrogen (secondary N) is 1. The molecular formula is C10H12N3O3. The number of aliphatic hydroxyl groups excluding tert-OH is 1. The van der Waals surface area contributed by atoms with Gasteiger partial charge >= 0.3 is 0 Å². The standard InChI is InChI=1S/C10H12N3O3/c1-6(5-14)13-10(16)7-2-3-12-8(4-7)9(11)15/h2-3,6,14H,5H2,1H3,(H2,11,15)(H,13,16). The van der Waals surface area contributed by atoms with Crippen molar-refractivity contribution in [2.45, 2.75) is 13.0 Å². The third-order valence-electron chi connectivity index (χ3n) is 1.83. The van der Waals surface area contributed by atoms with Gasteiger partial charge in [0.25, 0.3) is 11.8 Å². The molecule has 1 radical (unpaired) electrons. The lowest BCUT2D eigenvalue weighted by Gasteiger charge is -2.10. The topological polar surface area (TPSA) is 105 Å². The summed E-state index contributed by atoms with van der Waals surface area (Å²) in [4.78, 5) is 26.0. The van der Waals surface area contributed by atoms with Gasteiger partial charge in [-0.3, -0.25) is 14.6 Å². The number of rotatable bonds is 4. The fourth-order valence-electron chi connectivity index (χ4n) is 0.993. The zero-order valence-electron chi connectivity index (χ0n) is 8.73. The van der Waals surface area contributed by atoms with Gasteiger partial charge in [0.2, 0.25) is 0 Å². The van der Waals surface area contributed by atoms with Crippen LogP contribution in [0.1, 0.15) is 27.8 Å². The Kier molecular flexibility index (Phi) is 3.96. The number of hydrogen-bond donors (Lipinski definition) is 3. The Hall–Kier alpha value is -1.95. The molecule has 0 saturated carbocycles. The number of nitrogens with zero attached hydrogens (tertiary/aromatic N) is 1. The molecule has 1 aromatic rings. The minimum absolute atomic E-state index is 0.0932. The predicted octanol–water partition coefficient (Wildman–Crippen LogP) is -0.909. The number of amides is 2. The molecule has 6 nitrogen and oxygen atoms in total. The maximum absolute atomic E-state index is 11.6. The Balaban J connectivity index is 2.83. The normalized spacial score (nSPS) is 11.9. The molecule has 0 aliphatic carbocycles. The summed E-state index contributed by atoms with van der Waals surface area (Å²) in [6.45, 7) is 1.48. The van der Waals surface area contributed by atoms with E-state index in [4.69, 9.17) is 10.8 Å². The highest BCUT2D eigenvalue weighted by Crippen LogP contribution is 2.00. The van der Waals surface area contributed by atoms with Crippen molar-refractivity contribution < 1.29 is 14.7 Å². The molecule has 16 heavy (non-hydrogen) atoms. The Labute approximate surface area is 92.5 Å². The molecule has 1 unspecified atom stereocenters. The first-order valence-corrected chi connectivity index (χ1v) is 4.64. The van der Waals surface area contributed by atoms with Crippen LogP contribution in [-0.4, -0.2) is 34.6 Å². The predicted molar refractivity (Wildman–Crippen MR) is 55.6 cm³/mol. The van der Waals surface area contributed by atoms with Crippen LogP contribution < -0.4 is 11.1 Å². The van der Waals surface area contributed by atoms with Crippen LogP contribution >= 0.6 is 0 Å². The highest BCUT2D eigenvalue weighted by molar-refractivity contribution is 5.97. The molecule has 0 aromatic carbocycles. The van der Waals surface area contributed by atoms with Gasteiger partial charge in [-0.15, -0.1) is 0 Å². The van der Waals surface area contributed by atoms with E-state index in [0.717, 1.165) is 0 Å². The Morgan fingerprint density at radius 1 is 1.69 bits per heavy atom. The minimum atomic E-state index is -0.746. The van der Waals surface area contributed by atoms with Crippen LogP contribution in [0.3, 0.4) is 0 Å². The van der Waals surface area contributed by atoms with Gasteiger partial charge in [0.05, 0.1) is 12.2 Å². The van der Waals surface area contributed by atoms with Gasteiger partial charge in [0.1, 0.15) is 5.69 Å². The number of primary amides is 1. The number of nitrogens with two attached hydrogens (primary N) is 1. The van der Waals surface area contributed by atoms with E-state index in [1.165, 1.54) is 12.3 Å². The molecule has 1 heterocycles. The van der Waals surface area contributed by atoms with Crippen molar-refractivity contribution in [2.24, 2.45) is 5.73 Å². The van der Waals surface area contributed by atoms with Crippen molar-refractivity contribution >= 4 is 11.8 Å². The third kappa shape index (κ3) is 3.03. The zero-order valence-corrected chi connectivity index (χ0v) is 8.73. The number of aliphatic hydroxyl groups is 1. The van der Waals surface area contributed by atoms with Gasteiger partial charge in [-0.25, -0.2) is 0 Å². The number of carbonyl (C=O) groups is 2. The molecule has 0 aliphatic rings. The number of pyridine rings is 1.